The monoisotopic (exact) mass is 622 g/mol. The van der Waals surface area contributed by atoms with Gasteiger partial charge in [0.15, 0.2) is 29.6 Å². The predicted octanol–water partition coefficient (Wildman–Crippen LogP) is 2.19. The molecule has 2 aliphatic rings. The fraction of sp³-hybridized carbons (Fsp3) is 0.360. The van der Waals surface area contributed by atoms with Crippen molar-refractivity contribution < 1.29 is 33.3 Å². The summed E-state index contributed by atoms with van der Waals surface area (Å²) >= 11 is 2.09. The highest BCUT2D eigenvalue weighted by molar-refractivity contribution is 14.1. The zero-order valence-corrected chi connectivity index (χ0v) is 22.4. The van der Waals surface area contributed by atoms with Crippen LogP contribution in [-0.2, 0) is 20.9 Å². The SMILES string of the molecule is CCOc1cc(/C=N\NC(=O)C(=O)NCc2ccc3c(c2)OCO3)cc(I)c1OCC(=O)N1CCCC1. The number of hydrazone groups is 1. The molecule has 4 rings (SSSR count). The molecule has 11 nitrogen and oxygen atoms in total. The van der Waals surface area contributed by atoms with Crippen molar-refractivity contribution in [1.82, 2.24) is 15.6 Å². The van der Waals surface area contributed by atoms with Gasteiger partial charge in [-0.25, -0.2) is 5.43 Å². The Morgan fingerprint density at radius 3 is 2.65 bits per heavy atom. The molecule has 37 heavy (non-hydrogen) atoms. The highest BCUT2D eigenvalue weighted by atomic mass is 127. The molecule has 1 saturated heterocycles. The Morgan fingerprint density at radius 1 is 1.08 bits per heavy atom. The molecule has 1 fully saturated rings. The predicted molar refractivity (Wildman–Crippen MR) is 142 cm³/mol. The molecule has 0 atom stereocenters. The largest absolute Gasteiger partial charge is 0.490 e. The van der Waals surface area contributed by atoms with E-state index in [2.05, 4.69) is 38.4 Å². The van der Waals surface area contributed by atoms with Crippen molar-refractivity contribution in [3.8, 4) is 23.0 Å². The first-order valence-corrected chi connectivity index (χ1v) is 12.9. The summed E-state index contributed by atoms with van der Waals surface area (Å²) in [5.41, 5.74) is 3.59. The van der Waals surface area contributed by atoms with Gasteiger partial charge in [-0.2, -0.15) is 5.10 Å². The van der Waals surface area contributed by atoms with Gasteiger partial charge in [-0.1, -0.05) is 6.07 Å². The lowest BCUT2D eigenvalue weighted by Crippen LogP contribution is -2.37. The summed E-state index contributed by atoms with van der Waals surface area (Å²) in [6.45, 7) is 3.99. The Kier molecular flexibility index (Phi) is 9.04. The molecule has 2 heterocycles. The summed E-state index contributed by atoms with van der Waals surface area (Å²) in [6.07, 6.45) is 3.42. The second-order valence-electron chi connectivity index (χ2n) is 8.21. The first-order chi connectivity index (χ1) is 17.9. The van der Waals surface area contributed by atoms with Gasteiger partial charge in [0.05, 0.1) is 16.4 Å². The highest BCUT2D eigenvalue weighted by Crippen LogP contribution is 2.34. The molecule has 0 aliphatic carbocycles. The number of halogens is 1. The molecule has 12 heteroatoms. The number of hydrogen-bond acceptors (Lipinski definition) is 8. The number of nitrogens with zero attached hydrogens (tertiary/aromatic N) is 2. The molecule has 2 aromatic rings. The van der Waals surface area contributed by atoms with E-state index in [1.54, 1.807) is 35.2 Å². The van der Waals surface area contributed by atoms with E-state index in [4.69, 9.17) is 18.9 Å². The number of amides is 3. The van der Waals surface area contributed by atoms with Crippen LogP contribution in [0, 0.1) is 3.57 Å². The van der Waals surface area contributed by atoms with Gasteiger partial charge < -0.3 is 29.2 Å². The minimum atomic E-state index is -0.905. The van der Waals surface area contributed by atoms with Crippen LogP contribution in [-0.4, -0.2) is 61.9 Å². The lowest BCUT2D eigenvalue weighted by atomic mass is 10.2. The molecule has 0 spiro atoms. The fourth-order valence-corrected chi connectivity index (χ4v) is 4.57. The molecule has 2 aliphatic heterocycles. The second kappa shape index (κ2) is 12.6. The Hall–Kier alpha value is -3.55. The second-order valence-corrected chi connectivity index (χ2v) is 9.37. The zero-order chi connectivity index (χ0) is 26.2. The Labute approximate surface area is 227 Å². The van der Waals surface area contributed by atoms with E-state index in [1.165, 1.54) is 6.21 Å². The van der Waals surface area contributed by atoms with Crippen molar-refractivity contribution in [3.05, 3.63) is 45.0 Å². The van der Waals surface area contributed by atoms with Crippen LogP contribution in [0.4, 0.5) is 0 Å². The first-order valence-electron chi connectivity index (χ1n) is 11.8. The van der Waals surface area contributed by atoms with Gasteiger partial charge in [-0.3, -0.25) is 14.4 Å². The molecular formula is C25H27IN4O7. The molecule has 0 aromatic heterocycles. The molecule has 0 unspecified atom stereocenters. The minimum Gasteiger partial charge on any atom is -0.490 e. The average Bonchev–Trinajstić information content (AvgIpc) is 3.59. The number of likely N-dealkylation sites (tertiary alicyclic amines) is 1. The topological polar surface area (TPSA) is 128 Å². The van der Waals surface area contributed by atoms with Crippen LogP contribution >= 0.6 is 22.6 Å². The highest BCUT2D eigenvalue weighted by Gasteiger charge is 2.20. The normalized spacial score (nSPS) is 14.1. The van der Waals surface area contributed by atoms with Crippen LogP contribution in [0.3, 0.4) is 0 Å². The third-order valence-corrected chi connectivity index (χ3v) is 6.41. The van der Waals surface area contributed by atoms with Gasteiger partial charge in [-0.05, 0) is 77.7 Å². The summed E-state index contributed by atoms with van der Waals surface area (Å²) < 4.78 is 22.8. The standard InChI is InChI=1S/C25H27IN4O7/c1-2-34-21-11-17(9-18(26)23(21)35-14-22(31)30-7-3-4-8-30)13-28-29-25(33)24(32)27-12-16-5-6-19-20(10-16)37-15-36-19/h5-6,9-11,13H,2-4,7-8,12,14-15H2,1H3,(H,27,32)(H,29,33)/b28-13-. The van der Waals surface area contributed by atoms with Crippen molar-refractivity contribution in [1.29, 1.82) is 0 Å². The quantitative estimate of drug-likeness (QED) is 0.190. The summed E-state index contributed by atoms with van der Waals surface area (Å²) in [7, 11) is 0. The van der Waals surface area contributed by atoms with Crippen LogP contribution in [0.2, 0.25) is 0 Å². The van der Waals surface area contributed by atoms with E-state index in [0.29, 0.717) is 38.7 Å². The first kappa shape index (κ1) is 26.5. The van der Waals surface area contributed by atoms with Crippen LogP contribution in [0.5, 0.6) is 23.0 Å². The van der Waals surface area contributed by atoms with Crippen molar-refractivity contribution in [2.75, 3.05) is 33.1 Å². The third-order valence-electron chi connectivity index (χ3n) is 5.61. The van der Waals surface area contributed by atoms with Crippen LogP contribution < -0.4 is 29.7 Å². The van der Waals surface area contributed by atoms with Crippen molar-refractivity contribution in [3.63, 3.8) is 0 Å². The van der Waals surface area contributed by atoms with E-state index in [0.717, 1.165) is 31.5 Å². The number of hydrogen-bond donors (Lipinski definition) is 2. The van der Waals surface area contributed by atoms with Crippen molar-refractivity contribution >= 4 is 46.5 Å². The van der Waals surface area contributed by atoms with Crippen LogP contribution in [0.25, 0.3) is 0 Å². The van der Waals surface area contributed by atoms with Gasteiger partial charge in [0.2, 0.25) is 6.79 Å². The Morgan fingerprint density at radius 2 is 1.86 bits per heavy atom. The van der Waals surface area contributed by atoms with E-state index >= 15 is 0 Å². The maximum atomic E-state index is 12.4. The Balaban J connectivity index is 1.31. The Bertz CT molecular complexity index is 1200. The molecular weight excluding hydrogens is 595 g/mol. The number of nitrogens with one attached hydrogen (secondary N) is 2. The van der Waals surface area contributed by atoms with Gasteiger partial charge >= 0.3 is 11.8 Å². The molecule has 3 amide bonds. The number of ether oxygens (including phenoxy) is 4. The lowest BCUT2D eigenvalue weighted by molar-refractivity contribution is -0.139. The van der Waals surface area contributed by atoms with E-state index in [1.807, 2.05) is 6.92 Å². The summed E-state index contributed by atoms with van der Waals surface area (Å²) in [5.74, 6) is 0.372. The maximum absolute atomic E-state index is 12.4. The lowest BCUT2D eigenvalue weighted by Gasteiger charge is -2.18. The van der Waals surface area contributed by atoms with Gasteiger partial charge in [0, 0.05) is 19.6 Å². The minimum absolute atomic E-state index is 0.0547. The number of rotatable bonds is 9. The van der Waals surface area contributed by atoms with Crippen LogP contribution in [0.15, 0.2) is 35.4 Å². The maximum Gasteiger partial charge on any atom is 0.329 e. The van der Waals surface area contributed by atoms with Gasteiger partial charge in [-0.15, -0.1) is 0 Å². The number of carbonyl (C=O) groups is 3. The summed E-state index contributed by atoms with van der Waals surface area (Å²) in [4.78, 5) is 38.4. The van der Waals surface area contributed by atoms with Crippen molar-refractivity contribution in [2.45, 2.75) is 26.3 Å². The molecule has 2 N–H and O–H groups in total. The summed E-state index contributed by atoms with van der Waals surface area (Å²) in [5, 5.41) is 6.42. The average molecular weight is 622 g/mol. The molecule has 0 bridgehead atoms. The fourth-order valence-electron chi connectivity index (χ4n) is 3.79. The molecule has 196 valence electrons. The van der Waals surface area contributed by atoms with Gasteiger partial charge in [0.25, 0.3) is 5.91 Å². The molecule has 0 radical (unpaired) electrons. The molecule has 2 aromatic carbocycles. The number of fused-ring (bicyclic) bond motifs is 1. The molecule has 0 saturated carbocycles. The van der Waals surface area contributed by atoms with Crippen molar-refractivity contribution in [2.24, 2.45) is 5.10 Å². The van der Waals surface area contributed by atoms with Crippen LogP contribution in [0.1, 0.15) is 30.9 Å². The zero-order valence-electron chi connectivity index (χ0n) is 20.3. The van der Waals surface area contributed by atoms with Gasteiger partial charge in [0.1, 0.15) is 0 Å². The number of carbonyl (C=O) groups excluding carboxylic acids is 3. The summed E-state index contributed by atoms with van der Waals surface area (Å²) in [6, 6.07) is 8.72. The van der Waals surface area contributed by atoms with E-state index in [9.17, 15) is 14.4 Å². The number of benzene rings is 2. The van der Waals surface area contributed by atoms with E-state index < -0.39 is 11.8 Å². The smallest absolute Gasteiger partial charge is 0.329 e. The third kappa shape index (κ3) is 7.02. The van der Waals surface area contributed by atoms with E-state index in [-0.39, 0.29) is 25.9 Å².